The van der Waals surface area contributed by atoms with Gasteiger partial charge in [0.1, 0.15) is 5.78 Å². The summed E-state index contributed by atoms with van der Waals surface area (Å²) in [6, 6.07) is 0. The smallest absolute Gasteiger partial charge is 0.306 e. The first-order chi connectivity index (χ1) is 6.70. The molecule has 0 rings (SSSR count). The van der Waals surface area contributed by atoms with Crippen molar-refractivity contribution >= 4 is 11.8 Å². The number of ether oxygens (including phenoxy) is 1. The molecule has 0 fully saturated rings. The molecular formula is C11H20O4. The monoisotopic (exact) mass is 216 g/mol. The number of carbonyl (C=O) groups is 2. The maximum atomic E-state index is 11.9. The third kappa shape index (κ3) is 4.42. The minimum atomic E-state index is -0.837. The zero-order chi connectivity index (χ0) is 12.2. The van der Waals surface area contributed by atoms with Gasteiger partial charge in [0.05, 0.1) is 25.6 Å². The molecule has 88 valence electrons. The summed E-state index contributed by atoms with van der Waals surface area (Å²) >= 11 is 0. The van der Waals surface area contributed by atoms with Gasteiger partial charge in [0, 0.05) is 5.41 Å². The van der Waals surface area contributed by atoms with Gasteiger partial charge in [-0.2, -0.15) is 0 Å². The Morgan fingerprint density at radius 2 is 1.80 bits per heavy atom. The molecule has 0 aromatic rings. The van der Waals surface area contributed by atoms with Gasteiger partial charge in [-0.1, -0.05) is 20.8 Å². The van der Waals surface area contributed by atoms with E-state index in [1.165, 1.54) is 14.0 Å². The molecule has 1 N–H and O–H groups in total. The zero-order valence-electron chi connectivity index (χ0n) is 10.0. The molecule has 0 bridgehead atoms. The maximum Gasteiger partial charge on any atom is 0.306 e. The lowest BCUT2D eigenvalue weighted by Gasteiger charge is -2.25. The molecule has 2 atom stereocenters. The molecule has 4 nitrogen and oxygen atoms in total. The second kappa shape index (κ2) is 5.26. The molecule has 0 aliphatic heterocycles. The van der Waals surface area contributed by atoms with E-state index < -0.39 is 23.4 Å². The number of aliphatic hydroxyl groups excluding tert-OH is 1. The summed E-state index contributed by atoms with van der Waals surface area (Å²) in [5.41, 5.74) is -0.560. The Morgan fingerprint density at radius 3 is 2.07 bits per heavy atom. The van der Waals surface area contributed by atoms with E-state index in [0.717, 1.165) is 0 Å². The van der Waals surface area contributed by atoms with E-state index in [1.807, 2.05) is 0 Å². The lowest BCUT2D eigenvalue weighted by atomic mass is 9.79. The van der Waals surface area contributed by atoms with Crippen molar-refractivity contribution < 1.29 is 19.4 Å². The van der Waals surface area contributed by atoms with Crippen LogP contribution in [0.2, 0.25) is 0 Å². The Hall–Kier alpha value is -0.900. The van der Waals surface area contributed by atoms with Gasteiger partial charge in [0.2, 0.25) is 0 Å². The summed E-state index contributed by atoms with van der Waals surface area (Å²) in [4.78, 5) is 23.0. The third-order valence-corrected chi connectivity index (χ3v) is 2.27. The molecule has 0 heterocycles. The Bertz CT molecular complexity index is 237. The minimum Gasteiger partial charge on any atom is -0.469 e. The quantitative estimate of drug-likeness (QED) is 0.716. The molecule has 0 amide bonds. The second-order valence-electron chi connectivity index (χ2n) is 4.74. The highest BCUT2D eigenvalue weighted by Gasteiger charge is 2.34. The van der Waals surface area contributed by atoms with Crippen molar-refractivity contribution in [2.45, 2.75) is 40.2 Å². The number of rotatable bonds is 4. The predicted molar refractivity (Wildman–Crippen MR) is 56.3 cm³/mol. The number of carbonyl (C=O) groups excluding carboxylic acids is 2. The van der Waals surface area contributed by atoms with Crippen LogP contribution in [0.15, 0.2) is 0 Å². The van der Waals surface area contributed by atoms with Crippen molar-refractivity contribution in [1.29, 1.82) is 0 Å². The maximum absolute atomic E-state index is 11.9. The zero-order valence-corrected chi connectivity index (χ0v) is 10.0. The Labute approximate surface area is 90.6 Å². The lowest BCUT2D eigenvalue weighted by Crippen LogP contribution is -2.36. The van der Waals surface area contributed by atoms with Gasteiger partial charge in [-0.25, -0.2) is 0 Å². The molecule has 0 radical (unpaired) electrons. The largest absolute Gasteiger partial charge is 0.469 e. The van der Waals surface area contributed by atoms with Crippen LogP contribution in [0.1, 0.15) is 34.1 Å². The van der Waals surface area contributed by atoms with Crippen molar-refractivity contribution in [3.63, 3.8) is 0 Å². The van der Waals surface area contributed by atoms with Gasteiger partial charge >= 0.3 is 5.97 Å². The number of hydrogen-bond donors (Lipinski definition) is 1. The molecule has 0 aromatic heterocycles. The Kier molecular flexibility index (Phi) is 4.94. The first-order valence-corrected chi connectivity index (χ1v) is 4.99. The molecule has 0 aliphatic rings. The van der Waals surface area contributed by atoms with Crippen LogP contribution in [0, 0.1) is 11.3 Å². The van der Waals surface area contributed by atoms with Crippen LogP contribution in [0.4, 0.5) is 0 Å². The number of aliphatic hydroxyl groups is 1. The summed E-state index contributed by atoms with van der Waals surface area (Å²) < 4.78 is 4.49. The highest BCUT2D eigenvalue weighted by atomic mass is 16.5. The predicted octanol–water partition coefficient (Wildman–Crippen LogP) is 1.16. The van der Waals surface area contributed by atoms with E-state index in [4.69, 9.17) is 0 Å². The average Bonchev–Trinajstić information content (AvgIpc) is 2.10. The van der Waals surface area contributed by atoms with Crippen LogP contribution in [-0.2, 0) is 14.3 Å². The summed E-state index contributed by atoms with van der Waals surface area (Å²) in [6.45, 7) is 6.81. The van der Waals surface area contributed by atoms with Crippen molar-refractivity contribution in [2.24, 2.45) is 11.3 Å². The summed E-state index contributed by atoms with van der Waals surface area (Å²) in [6.07, 6.45) is -0.902. The van der Waals surface area contributed by atoms with E-state index >= 15 is 0 Å². The normalized spacial score (nSPS) is 15.6. The van der Waals surface area contributed by atoms with Crippen molar-refractivity contribution in [1.82, 2.24) is 0 Å². The van der Waals surface area contributed by atoms with Crippen LogP contribution in [0.25, 0.3) is 0 Å². The van der Waals surface area contributed by atoms with Crippen molar-refractivity contribution in [3.05, 3.63) is 0 Å². The van der Waals surface area contributed by atoms with Gasteiger partial charge in [-0.05, 0) is 6.92 Å². The van der Waals surface area contributed by atoms with Gasteiger partial charge in [-0.3, -0.25) is 9.59 Å². The number of methoxy groups -OCH3 is 1. The number of Topliss-reactive ketones (excluding diaryl/α,β-unsaturated/α-hetero) is 1. The summed E-state index contributed by atoms with van der Waals surface area (Å²) in [7, 11) is 1.27. The first-order valence-electron chi connectivity index (χ1n) is 4.99. The lowest BCUT2D eigenvalue weighted by molar-refractivity contribution is -0.147. The van der Waals surface area contributed by atoms with Crippen LogP contribution < -0.4 is 0 Å². The average molecular weight is 216 g/mol. The van der Waals surface area contributed by atoms with E-state index in [0.29, 0.717) is 0 Å². The Balaban J connectivity index is 4.68. The molecule has 0 saturated heterocycles. The van der Waals surface area contributed by atoms with Crippen LogP contribution in [0.5, 0.6) is 0 Å². The molecule has 1 unspecified atom stereocenters. The number of hydrogen-bond acceptors (Lipinski definition) is 4. The van der Waals surface area contributed by atoms with Gasteiger partial charge in [-0.15, -0.1) is 0 Å². The van der Waals surface area contributed by atoms with Gasteiger partial charge < -0.3 is 9.84 Å². The topological polar surface area (TPSA) is 63.6 Å². The third-order valence-electron chi connectivity index (χ3n) is 2.27. The van der Waals surface area contributed by atoms with Crippen LogP contribution in [0.3, 0.4) is 0 Å². The highest BCUT2D eigenvalue weighted by molar-refractivity contribution is 5.89. The van der Waals surface area contributed by atoms with Crippen LogP contribution in [-0.4, -0.2) is 30.1 Å². The van der Waals surface area contributed by atoms with Crippen molar-refractivity contribution in [2.75, 3.05) is 7.11 Å². The van der Waals surface area contributed by atoms with Gasteiger partial charge in [0.15, 0.2) is 0 Å². The van der Waals surface area contributed by atoms with E-state index in [9.17, 15) is 14.7 Å². The van der Waals surface area contributed by atoms with E-state index in [2.05, 4.69) is 4.74 Å². The summed E-state index contributed by atoms with van der Waals surface area (Å²) in [5, 5.41) is 9.46. The van der Waals surface area contributed by atoms with E-state index in [1.54, 1.807) is 20.8 Å². The number of esters is 1. The van der Waals surface area contributed by atoms with E-state index in [-0.39, 0.29) is 12.2 Å². The molecule has 4 heteroatoms. The summed E-state index contributed by atoms with van der Waals surface area (Å²) in [5.74, 6) is -1.28. The first kappa shape index (κ1) is 14.1. The van der Waals surface area contributed by atoms with Gasteiger partial charge in [0.25, 0.3) is 0 Å². The fraction of sp³-hybridized carbons (Fsp3) is 0.818. The molecular weight excluding hydrogens is 196 g/mol. The highest BCUT2D eigenvalue weighted by Crippen LogP contribution is 2.24. The molecule has 0 aromatic carbocycles. The SMILES string of the molecule is COC(=O)C[C@H](C(=O)C(C)(C)C)C(C)O. The second-order valence-corrected chi connectivity index (χ2v) is 4.74. The molecule has 0 saturated carbocycles. The fourth-order valence-electron chi connectivity index (χ4n) is 1.30. The van der Waals surface area contributed by atoms with Crippen LogP contribution >= 0.6 is 0 Å². The van der Waals surface area contributed by atoms with Crippen molar-refractivity contribution in [3.8, 4) is 0 Å². The minimum absolute atomic E-state index is 0.0652. The molecule has 15 heavy (non-hydrogen) atoms. The molecule has 0 spiro atoms. The standard InChI is InChI=1S/C11H20O4/c1-7(12)8(6-9(13)15-5)10(14)11(2,3)4/h7-8,12H,6H2,1-5H3/t7?,8-/m0/s1. The fourth-order valence-corrected chi connectivity index (χ4v) is 1.30. The Morgan fingerprint density at radius 1 is 1.33 bits per heavy atom. The molecule has 0 aliphatic carbocycles. The number of ketones is 1.